The monoisotopic (exact) mass is 440 g/mol. The molecule has 2 saturated carbocycles. The molecule has 7 atom stereocenters. The number of aliphatic hydroxyl groups is 1. The lowest BCUT2D eigenvalue weighted by Crippen LogP contribution is -2.58. The largest absolute Gasteiger partial charge is 0.392 e. The molecule has 2 amide bonds. The Labute approximate surface area is 191 Å². The number of nitrogens with one attached hydrogen (secondary N) is 1. The van der Waals surface area contributed by atoms with Gasteiger partial charge in [-0.25, -0.2) is 0 Å². The van der Waals surface area contributed by atoms with Crippen LogP contribution in [0.1, 0.15) is 63.4 Å². The summed E-state index contributed by atoms with van der Waals surface area (Å²) in [5.41, 5.74) is 0.395. The van der Waals surface area contributed by atoms with Gasteiger partial charge in [0.05, 0.1) is 18.6 Å². The molecule has 2 N–H and O–H groups in total. The number of aromatic nitrogens is 1. The molecule has 7 nitrogen and oxygen atoms in total. The zero-order valence-electron chi connectivity index (χ0n) is 19.6. The smallest absolute Gasteiger partial charge is 0.270 e. The summed E-state index contributed by atoms with van der Waals surface area (Å²) in [6.45, 7) is 6.66. The van der Waals surface area contributed by atoms with Crippen LogP contribution in [0.4, 0.5) is 0 Å². The number of carbonyl (C=O) groups is 2. The van der Waals surface area contributed by atoms with E-state index in [9.17, 15) is 14.7 Å². The fourth-order valence-corrected chi connectivity index (χ4v) is 6.10. The van der Waals surface area contributed by atoms with Crippen molar-refractivity contribution in [2.45, 2.75) is 65.0 Å². The molecule has 174 valence electrons. The molecule has 32 heavy (non-hydrogen) atoms. The van der Waals surface area contributed by atoms with Crippen LogP contribution in [-0.4, -0.2) is 52.5 Å². The summed E-state index contributed by atoms with van der Waals surface area (Å²) in [6, 6.07) is 7.32. The molecule has 0 saturated heterocycles. The summed E-state index contributed by atoms with van der Waals surface area (Å²) in [4.78, 5) is 31.4. The standard InChI is InChI=1S/C25H36N4O3/c1-16(24(32)29(4)15-7-13-26)18-9-11-25(3)12-10-19(17(2)21(25)22(18)30)28-23(31)20-8-5-6-14-27-20/h5-6,8,14,16-19,21-22,30H,7,9-12,15H2,1-4H3,(H,28,31)/t16-,17-,18+,19-,21+,22-,25+/m0/s1. The Bertz CT molecular complexity index is 854. The molecule has 1 heterocycles. The minimum Gasteiger partial charge on any atom is -0.392 e. The van der Waals surface area contributed by atoms with Gasteiger partial charge in [0.15, 0.2) is 0 Å². The fourth-order valence-electron chi connectivity index (χ4n) is 6.10. The SMILES string of the molecule is C[C@@H]1[C@@H]2[C@@H](O)[C@@H]([C@H](C)C(=O)N(C)CCC#N)CC[C@]2(C)CC[C@@H]1NC(=O)c1ccccn1. The van der Waals surface area contributed by atoms with Gasteiger partial charge in [-0.1, -0.05) is 26.8 Å². The van der Waals surface area contributed by atoms with E-state index in [1.54, 1.807) is 36.3 Å². The van der Waals surface area contributed by atoms with Gasteiger partial charge >= 0.3 is 0 Å². The maximum Gasteiger partial charge on any atom is 0.270 e. The molecule has 0 bridgehead atoms. The first-order valence-corrected chi connectivity index (χ1v) is 11.7. The molecule has 1 aromatic heterocycles. The Kier molecular flexibility index (Phi) is 7.55. The number of carbonyl (C=O) groups excluding carboxylic acids is 2. The Balaban J connectivity index is 1.73. The number of amides is 2. The quantitative estimate of drug-likeness (QED) is 0.707. The van der Waals surface area contributed by atoms with E-state index in [-0.39, 0.29) is 46.9 Å². The summed E-state index contributed by atoms with van der Waals surface area (Å²) in [7, 11) is 1.72. The van der Waals surface area contributed by atoms with E-state index in [0.29, 0.717) is 18.7 Å². The number of nitriles is 1. The van der Waals surface area contributed by atoms with E-state index in [4.69, 9.17) is 5.26 Å². The average Bonchev–Trinajstić information content (AvgIpc) is 2.79. The van der Waals surface area contributed by atoms with E-state index in [2.05, 4.69) is 30.2 Å². The third-order valence-corrected chi connectivity index (χ3v) is 8.07. The molecular formula is C25H36N4O3. The Morgan fingerprint density at radius 1 is 1.38 bits per heavy atom. The average molecular weight is 441 g/mol. The molecule has 1 aromatic rings. The first-order chi connectivity index (χ1) is 15.2. The maximum atomic E-state index is 12.9. The lowest BCUT2D eigenvalue weighted by molar-refractivity contribution is -0.149. The van der Waals surface area contributed by atoms with Gasteiger partial charge in [0, 0.05) is 31.7 Å². The van der Waals surface area contributed by atoms with E-state index >= 15 is 0 Å². The van der Waals surface area contributed by atoms with E-state index < -0.39 is 6.10 Å². The van der Waals surface area contributed by atoms with Gasteiger partial charge in [-0.2, -0.15) is 5.26 Å². The van der Waals surface area contributed by atoms with Gasteiger partial charge in [-0.15, -0.1) is 0 Å². The number of aliphatic hydroxyl groups excluding tert-OH is 1. The lowest BCUT2D eigenvalue weighted by atomic mass is 9.51. The molecule has 0 spiro atoms. The summed E-state index contributed by atoms with van der Waals surface area (Å²) in [5, 5.41) is 23.5. The predicted octanol–water partition coefficient (Wildman–Crippen LogP) is 3.01. The van der Waals surface area contributed by atoms with Gasteiger partial charge in [-0.05, 0) is 61.0 Å². The number of hydrogen-bond donors (Lipinski definition) is 2. The maximum absolute atomic E-state index is 12.9. The number of fused-ring (bicyclic) bond motifs is 1. The summed E-state index contributed by atoms with van der Waals surface area (Å²) >= 11 is 0. The van der Waals surface area contributed by atoms with Crippen molar-refractivity contribution in [1.82, 2.24) is 15.2 Å². The molecule has 0 aromatic carbocycles. The summed E-state index contributed by atoms with van der Waals surface area (Å²) < 4.78 is 0. The van der Waals surface area contributed by atoms with Crippen molar-refractivity contribution in [1.29, 1.82) is 5.26 Å². The Hall–Kier alpha value is -2.46. The van der Waals surface area contributed by atoms with Crippen LogP contribution in [0.5, 0.6) is 0 Å². The van der Waals surface area contributed by atoms with Crippen LogP contribution in [-0.2, 0) is 4.79 Å². The molecule has 0 aliphatic heterocycles. The number of pyridine rings is 1. The molecule has 3 rings (SSSR count). The number of nitrogens with zero attached hydrogens (tertiary/aromatic N) is 3. The molecule has 0 unspecified atom stereocenters. The summed E-state index contributed by atoms with van der Waals surface area (Å²) in [6.07, 6.45) is 4.88. The van der Waals surface area contributed by atoms with Gasteiger partial charge in [0.1, 0.15) is 5.69 Å². The van der Waals surface area contributed by atoms with Crippen LogP contribution in [0.2, 0.25) is 0 Å². The minimum atomic E-state index is -0.610. The highest BCUT2D eigenvalue weighted by Gasteiger charge is 2.54. The van der Waals surface area contributed by atoms with Crippen LogP contribution in [0.3, 0.4) is 0 Å². The summed E-state index contributed by atoms with van der Waals surface area (Å²) in [5.74, 6) is -0.555. The first kappa shape index (κ1) is 24.2. The van der Waals surface area contributed by atoms with Crippen LogP contribution >= 0.6 is 0 Å². The van der Waals surface area contributed by atoms with Crippen molar-refractivity contribution in [3.8, 4) is 6.07 Å². The molecule has 0 radical (unpaired) electrons. The lowest BCUT2D eigenvalue weighted by Gasteiger charge is -2.56. The third kappa shape index (κ3) is 4.80. The second kappa shape index (κ2) is 9.99. The zero-order chi connectivity index (χ0) is 23.5. The number of hydrogen-bond acceptors (Lipinski definition) is 5. The van der Waals surface area contributed by atoms with Crippen molar-refractivity contribution < 1.29 is 14.7 Å². The molecule has 2 fully saturated rings. The molecule has 2 aliphatic carbocycles. The second-order valence-corrected chi connectivity index (χ2v) is 10.0. The van der Waals surface area contributed by atoms with E-state index in [1.165, 1.54) is 0 Å². The highest BCUT2D eigenvalue weighted by molar-refractivity contribution is 5.92. The first-order valence-electron chi connectivity index (χ1n) is 11.7. The minimum absolute atomic E-state index is 0.00294. The zero-order valence-corrected chi connectivity index (χ0v) is 19.6. The van der Waals surface area contributed by atoms with Crippen molar-refractivity contribution in [2.75, 3.05) is 13.6 Å². The van der Waals surface area contributed by atoms with Gasteiger partial charge in [-0.3, -0.25) is 14.6 Å². The molecular weight excluding hydrogens is 404 g/mol. The van der Waals surface area contributed by atoms with Crippen LogP contribution < -0.4 is 5.32 Å². The fraction of sp³-hybridized carbons (Fsp3) is 0.680. The van der Waals surface area contributed by atoms with Crippen LogP contribution in [0.25, 0.3) is 0 Å². The Morgan fingerprint density at radius 2 is 2.09 bits per heavy atom. The van der Waals surface area contributed by atoms with Gasteiger partial charge < -0.3 is 15.3 Å². The predicted molar refractivity (Wildman–Crippen MR) is 121 cm³/mol. The van der Waals surface area contributed by atoms with Crippen molar-refractivity contribution in [3.63, 3.8) is 0 Å². The highest BCUT2D eigenvalue weighted by Crippen LogP contribution is 2.55. The van der Waals surface area contributed by atoms with Crippen molar-refractivity contribution in [3.05, 3.63) is 30.1 Å². The number of rotatable bonds is 6. The third-order valence-electron chi connectivity index (χ3n) is 8.07. The molecule has 7 heteroatoms. The van der Waals surface area contributed by atoms with Gasteiger partial charge in [0.25, 0.3) is 5.91 Å². The normalized spacial score (nSPS) is 32.8. The Morgan fingerprint density at radius 3 is 2.75 bits per heavy atom. The molecule has 2 aliphatic rings. The highest BCUT2D eigenvalue weighted by atomic mass is 16.3. The van der Waals surface area contributed by atoms with Crippen molar-refractivity contribution >= 4 is 11.8 Å². The van der Waals surface area contributed by atoms with E-state index in [1.807, 2.05) is 6.92 Å². The second-order valence-electron chi connectivity index (χ2n) is 10.0. The van der Waals surface area contributed by atoms with E-state index in [0.717, 1.165) is 25.7 Å². The van der Waals surface area contributed by atoms with Crippen molar-refractivity contribution in [2.24, 2.45) is 29.1 Å². The van der Waals surface area contributed by atoms with Crippen LogP contribution in [0.15, 0.2) is 24.4 Å². The van der Waals surface area contributed by atoms with Crippen LogP contribution in [0, 0.1) is 40.4 Å². The topological polar surface area (TPSA) is 106 Å². The van der Waals surface area contributed by atoms with Gasteiger partial charge in [0.2, 0.25) is 5.91 Å².